The molecule has 0 saturated carbocycles. The van der Waals surface area contributed by atoms with Gasteiger partial charge in [-0.1, -0.05) is 18.6 Å². The zero-order valence-corrected chi connectivity index (χ0v) is 7.90. The Kier molecular flexibility index (Phi) is 3.44. The molecular weight excluding hydrogens is 170 g/mol. The van der Waals surface area contributed by atoms with Crippen LogP contribution in [0.4, 0.5) is 0 Å². The summed E-state index contributed by atoms with van der Waals surface area (Å²) in [6.45, 7) is 2.97. The Morgan fingerprint density at radius 1 is 1.46 bits per heavy atom. The van der Waals surface area contributed by atoms with Crippen LogP contribution >= 0.6 is 0 Å². The van der Waals surface area contributed by atoms with E-state index in [-0.39, 0.29) is 0 Å². The fraction of sp³-hybridized carbons (Fsp3) is 0.778. The number of aliphatic hydroxyl groups is 3. The van der Waals surface area contributed by atoms with Crippen LogP contribution in [-0.2, 0) is 0 Å². The molecule has 76 valence electrons. The van der Waals surface area contributed by atoms with Gasteiger partial charge in [-0.05, 0) is 19.3 Å². The summed E-state index contributed by atoms with van der Waals surface area (Å²) in [6.07, 6.45) is 2.10. The van der Waals surface area contributed by atoms with Gasteiger partial charge in [-0.3, -0.25) is 0 Å². The Morgan fingerprint density at radius 3 is 2.69 bits per heavy atom. The molecule has 0 unspecified atom stereocenters. The summed E-state index contributed by atoms with van der Waals surface area (Å²) in [5.74, 6) is 0. The first kappa shape index (κ1) is 10.7. The van der Waals surface area contributed by atoms with Gasteiger partial charge in [0.25, 0.3) is 0 Å². The van der Waals surface area contributed by atoms with Crippen LogP contribution in [0.1, 0.15) is 26.2 Å². The van der Waals surface area contributed by atoms with Crippen LogP contribution in [0.25, 0.3) is 0 Å². The molecule has 0 fully saturated rings. The van der Waals surface area contributed by atoms with Crippen molar-refractivity contribution in [2.24, 2.45) is 0 Å². The standard InChI is InChI=1S/C9H17NO3/c1-2-8-4-3-6-10(7-5-8)9(11,12)13/h5,11-13H,2-4,6-7H2,1H3. The highest BCUT2D eigenvalue weighted by Crippen LogP contribution is 2.17. The number of nitrogens with zero attached hydrogens (tertiary/aromatic N) is 1. The molecule has 0 aromatic heterocycles. The molecule has 1 rings (SSSR count). The first-order chi connectivity index (χ1) is 6.04. The van der Waals surface area contributed by atoms with Crippen molar-refractivity contribution in [1.29, 1.82) is 0 Å². The number of allylic oxidation sites excluding steroid dienone is 1. The number of rotatable bonds is 2. The quantitative estimate of drug-likeness (QED) is 0.421. The van der Waals surface area contributed by atoms with Crippen molar-refractivity contribution in [3.8, 4) is 0 Å². The van der Waals surface area contributed by atoms with Gasteiger partial charge in [0.1, 0.15) is 0 Å². The van der Waals surface area contributed by atoms with Crippen molar-refractivity contribution in [3.63, 3.8) is 0 Å². The van der Waals surface area contributed by atoms with Gasteiger partial charge in [-0.2, -0.15) is 0 Å². The molecule has 4 nitrogen and oxygen atoms in total. The molecule has 3 N–H and O–H groups in total. The molecule has 0 saturated heterocycles. The van der Waals surface area contributed by atoms with E-state index in [9.17, 15) is 0 Å². The molecule has 1 aliphatic heterocycles. The first-order valence-electron chi connectivity index (χ1n) is 4.64. The third kappa shape index (κ3) is 3.08. The van der Waals surface area contributed by atoms with Crippen molar-refractivity contribution in [3.05, 3.63) is 11.6 Å². The molecule has 4 heteroatoms. The van der Waals surface area contributed by atoms with E-state index in [1.54, 1.807) is 0 Å². The van der Waals surface area contributed by atoms with Crippen LogP contribution in [0.5, 0.6) is 0 Å². The smallest absolute Gasteiger partial charge is 0.330 e. The summed E-state index contributed by atoms with van der Waals surface area (Å²) < 4.78 is 0. The highest BCUT2D eigenvalue weighted by atomic mass is 16.7. The van der Waals surface area contributed by atoms with Crippen LogP contribution in [0.15, 0.2) is 11.6 Å². The highest BCUT2D eigenvalue weighted by molar-refractivity contribution is 5.04. The minimum atomic E-state index is -2.67. The Hall–Kier alpha value is -0.420. The fourth-order valence-corrected chi connectivity index (χ4v) is 1.52. The van der Waals surface area contributed by atoms with Crippen molar-refractivity contribution in [2.75, 3.05) is 13.1 Å². The lowest BCUT2D eigenvalue weighted by molar-refractivity contribution is -0.391. The number of hydrogen-bond donors (Lipinski definition) is 3. The van der Waals surface area contributed by atoms with Gasteiger partial charge < -0.3 is 15.3 Å². The van der Waals surface area contributed by atoms with Crippen molar-refractivity contribution in [1.82, 2.24) is 4.90 Å². The molecule has 0 radical (unpaired) electrons. The molecular formula is C9H17NO3. The zero-order chi connectivity index (χ0) is 9.90. The van der Waals surface area contributed by atoms with Gasteiger partial charge in [-0.15, -0.1) is 0 Å². The largest absolute Gasteiger partial charge is 0.346 e. The van der Waals surface area contributed by atoms with Crippen LogP contribution in [0.3, 0.4) is 0 Å². The van der Waals surface area contributed by atoms with E-state index in [4.69, 9.17) is 15.3 Å². The van der Waals surface area contributed by atoms with Gasteiger partial charge in [0.15, 0.2) is 0 Å². The highest BCUT2D eigenvalue weighted by Gasteiger charge is 2.28. The molecule has 0 amide bonds. The summed E-state index contributed by atoms with van der Waals surface area (Å²) in [5.41, 5.74) is 1.31. The summed E-state index contributed by atoms with van der Waals surface area (Å²) in [6, 6.07) is 0. The van der Waals surface area contributed by atoms with E-state index in [1.165, 1.54) is 10.5 Å². The number of hydrogen-bond acceptors (Lipinski definition) is 4. The topological polar surface area (TPSA) is 63.9 Å². The van der Waals surface area contributed by atoms with Gasteiger partial charge in [0.05, 0.1) is 0 Å². The maximum Gasteiger partial charge on any atom is 0.346 e. The SMILES string of the molecule is CCC1=CCN(C(O)(O)O)CCC1. The summed E-state index contributed by atoms with van der Waals surface area (Å²) >= 11 is 0. The van der Waals surface area contributed by atoms with E-state index < -0.39 is 6.10 Å². The van der Waals surface area contributed by atoms with Crippen molar-refractivity contribution >= 4 is 0 Å². The van der Waals surface area contributed by atoms with Crippen LogP contribution in [0.2, 0.25) is 0 Å². The van der Waals surface area contributed by atoms with Gasteiger partial charge in [0, 0.05) is 13.1 Å². The average Bonchev–Trinajstić information content (AvgIpc) is 2.26. The molecule has 0 spiro atoms. The maximum atomic E-state index is 8.93. The van der Waals surface area contributed by atoms with Crippen molar-refractivity contribution < 1.29 is 15.3 Å². The lowest BCUT2D eigenvalue weighted by atomic mass is 10.1. The van der Waals surface area contributed by atoms with Gasteiger partial charge in [0.2, 0.25) is 0 Å². The zero-order valence-electron chi connectivity index (χ0n) is 7.90. The summed E-state index contributed by atoms with van der Waals surface area (Å²) in [7, 11) is 0. The van der Waals surface area contributed by atoms with E-state index >= 15 is 0 Å². The fourth-order valence-electron chi connectivity index (χ4n) is 1.52. The normalized spacial score (nSPS) is 21.1. The van der Waals surface area contributed by atoms with Crippen LogP contribution < -0.4 is 0 Å². The second-order valence-electron chi connectivity index (χ2n) is 3.37. The van der Waals surface area contributed by atoms with E-state index in [0.29, 0.717) is 13.1 Å². The molecule has 0 atom stereocenters. The second-order valence-corrected chi connectivity index (χ2v) is 3.37. The van der Waals surface area contributed by atoms with Crippen LogP contribution in [0, 0.1) is 0 Å². The molecule has 0 aromatic carbocycles. The van der Waals surface area contributed by atoms with E-state index in [2.05, 4.69) is 6.92 Å². The monoisotopic (exact) mass is 187 g/mol. The Labute approximate surface area is 78.1 Å². The molecule has 1 aliphatic rings. The van der Waals surface area contributed by atoms with E-state index in [0.717, 1.165) is 19.3 Å². The Bertz CT molecular complexity index is 196. The minimum absolute atomic E-state index is 0.396. The second kappa shape index (κ2) is 4.19. The summed E-state index contributed by atoms with van der Waals surface area (Å²) in [5, 5.41) is 26.8. The van der Waals surface area contributed by atoms with Crippen LogP contribution in [-0.4, -0.2) is 39.4 Å². The lowest BCUT2D eigenvalue weighted by Crippen LogP contribution is -2.48. The lowest BCUT2D eigenvalue weighted by Gasteiger charge is -2.27. The maximum absolute atomic E-state index is 8.93. The molecule has 0 bridgehead atoms. The predicted molar refractivity (Wildman–Crippen MR) is 48.6 cm³/mol. The van der Waals surface area contributed by atoms with E-state index in [1.807, 2.05) is 6.08 Å². The van der Waals surface area contributed by atoms with Gasteiger partial charge in [-0.25, -0.2) is 4.90 Å². The Balaban J connectivity index is 2.58. The minimum Gasteiger partial charge on any atom is -0.330 e. The third-order valence-corrected chi connectivity index (χ3v) is 2.40. The average molecular weight is 187 g/mol. The van der Waals surface area contributed by atoms with Gasteiger partial charge >= 0.3 is 6.10 Å². The van der Waals surface area contributed by atoms with Crippen molar-refractivity contribution in [2.45, 2.75) is 32.3 Å². The molecule has 1 heterocycles. The predicted octanol–water partition coefficient (Wildman–Crippen LogP) is 0.00680. The summed E-state index contributed by atoms with van der Waals surface area (Å²) in [4.78, 5) is 1.23. The Morgan fingerprint density at radius 2 is 2.15 bits per heavy atom. The molecule has 13 heavy (non-hydrogen) atoms. The first-order valence-corrected chi connectivity index (χ1v) is 4.64. The molecule has 0 aromatic rings. The third-order valence-electron chi connectivity index (χ3n) is 2.40. The molecule has 0 aliphatic carbocycles.